The van der Waals surface area contributed by atoms with Crippen LogP contribution in [0.25, 0.3) is 0 Å². The number of anilines is 1. The highest BCUT2D eigenvalue weighted by Crippen LogP contribution is 2.38. The van der Waals surface area contributed by atoms with Crippen molar-refractivity contribution in [3.8, 4) is 17.2 Å². The molecule has 31 heavy (non-hydrogen) atoms. The van der Waals surface area contributed by atoms with Crippen LogP contribution in [0.2, 0.25) is 0 Å². The lowest BCUT2D eigenvalue weighted by molar-refractivity contribution is 0.398. The number of phenols is 1. The lowest BCUT2D eigenvalue weighted by Crippen LogP contribution is -2.34. The molecule has 0 bridgehead atoms. The number of aliphatic imine (C=N–C) groups is 1. The van der Waals surface area contributed by atoms with Crippen LogP contribution in [0.3, 0.4) is 0 Å². The van der Waals surface area contributed by atoms with Gasteiger partial charge in [0, 0.05) is 24.1 Å². The van der Waals surface area contributed by atoms with Gasteiger partial charge in [0.05, 0.1) is 23.0 Å². The van der Waals surface area contributed by atoms with Gasteiger partial charge >= 0.3 is 0 Å². The van der Waals surface area contributed by atoms with E-state index in [1.165, 1.54) is 0 Å². The van der Waals surface area contributed by atoms with E-state index in [1.807, 2.05) is 24.3 Å². The van der Waals surface area contributed by atoms with E-state index in [0.717, 1.165) is 42.0 Å². The number of phenolic OH excluding ortho intramolecular Hbond substituents is 1. The van der Waals surface area contributed by atoms with Crippen LogP contribution in [-0.2, 0) is 0 Å². The maximum Gasteiger partial charge on any atom is 0.136 e. The Morgan fingerprint density at radius 3 is 2.68 bits per heavy atom. The summed E-state index contributed by atoms with van der Waals surface area (Å²) in [6, 6.07) is 14.6. The third-order valence-corrected chi connectivity index (χ3v) is 6.13. The fraction of sp³-hybridized carbons (Fsp3) is 0.292. The van der Waals surface area contributed by atoms with Crippen LogP contribution in [0, 0.1) is 5.92 Å². The summed E-state index contributed by atoms with van der Waals surface area (Å²) in [5.41, 5.74) is 9.88. The smallest absolute Gasteiger partial charge is 0.136 e. The molecular weight excluding hydrogens is 390 g/mol. The molecule has 2 aliphatic heterocycles. The van der Waals surface area contributed by atoms with Crippen LogP contribution in [0.1, 0.15) is 36.1 Å². The molecule has 3 heterocycles. The molecule has 0 radical (unpaired) electrons. The van der Waals surface area contributed by atoms with E-state index in [0.29, 0.717) is 23.2 Å². The second kappa shape index (κ2) is 8.00. The molecule has 1 aromatic heterocycles. The predicted molar refractivity (Wildman–Crippen MR) is 120 cm³/mol. The summed E-state index contributed by atoms with van der Waals surface area (Å²) >= 11 is 0. The monoisotopic (exact) mass is 415 g/mol. The van der Waals surface area contributed by atoms with Gasteiger partial charge in [-0.3, -0.25) is 4.99 Å². The maximum absolute atomic E-state index is 9.64. The zero-order chi connectivity index (χ0) is 21.4. The number of hydrogen-bond donors (Lipinski definition) is 3. The number of nitrogens with two attached hydrogens (primary N) is 1. The summed E-state index contributed by atoms with van der Waals surface area (Å²) in [6.45, 7) is 4.18. The SMILES string of the molecule is CC1c2ncnc(N)c2C(c2ccc(Oc3cccc(O)c3)cc2)=NC1C1CCNC1. The van der Waals surface area contributed by atoms with Crippen LogP contribution in [0.4, 0.5) is 5.82 Å². The number of aromatic hydroxyl groups is 1. The lowest BCUT2D eigenvalue weighted by atomic mass is 9.81. The molecule has 0 saturated carbocycles. The van der Waals surface area contributed by atoms with Crippen molar-refractivity contribution in [3.05, 3.63) is 71.7 Å². The van der Waals surface area contributed by atoms with E-state index >= 15 is 0 Å². The zero-order valence-corrected chi connectivity index (χ0v) is 17.3. The van der Waals surface area contributed by atoms with Crippen molar-refractivity contribution in [1.82, 2.24) is 15.3 Å². The standard InChI is InChI=1S/C24H25N5O2/c1-14-21(16-9-10-26-12-16)29-23(20-22(14)27-13-28-24(20)25)15-5-7-18(8-6-15)31-19-4-2-3-17(30)11-19/h2-8,11,13-14,16,21,26,30H,9-10,12H2,1H3,(H2,25,27,28). The molecule has 3 atom stereocenters. The zero-order valence-electron chi connectivity index (χ0n) is 17.3. The van der Waals surface area contributed by atoms with Gasteiger partial charge in [-0.25, -0.2) is 9.97 Å². The molecule has 1 fully saturated rings. The number of ether oxygens (including phenoxy) is 1. The van der Waals surface area contributed by atoms with Gasteiger partial charge in [-0.1, -0.05) is 13.0 Å². The van der Waals surface area contributed by atoms with Gasteiger partial charge in [0.1, 0.15) is 29.4 Å². The quantitative estimate of drug-likeness (QED) is 0.602. The number of aromatic nitrogens is 2. The molecular formula is C24H25N5O2. The van der Waals surface area contributed by atoms with Gasteiger partial charge in [-0.2, -0.15) is 0 Å². The highest BCUT2D eigenvalue weighted by molar-refractivity contribution is 6.16. The van der Waals surface area contributed by atoms with Crippen LogP contribution in [0.5, 0.6) is 17.2 Å². The van der Waals surface area contributed by atoms with Crippen molar-refractivity contribution >= 4 is 11.5 Å². The molecule has 2 aliphatic rings. The number of nitrogens with one attached hydrogen (secondary N) is 1. The number of nitrogens with zero attached hydrogens (tertiary/aromatic N) is 3. The van der Waals surface area contributed by atoms with Gasteiger partial charge in [0.25, 0.3) is 0 Å². The van der Waals surface area contributed by atoms with Crippen LogP contribution in [-0.4, -0.2) is 39.9 Å². The molecule has 7 heteroatoms. The predicted octanol–water partition coefficient (Wildman–Crippen LogP) is 3.49. The minimum absolute atomic E-state index is 0.148. The highest BCUT2D eigenvalue weighted by Gasteiger charge is 2.37. The maximum atomic E-state index is 9.64. The minimum atomic E-state index is 0.148. The van der Waals surface area contributed by atoms with Crippen molar-refractivity contribution in [2.75, 3.05) is 18.8 Å². The normalized spacial score (nSPS) is 22.6. The van der Waals surface area contributed by atoms with Crippen molar-refractivity contribution < 1.29 is 9.84 Å². The van der Waals surface area contributed by atoms with Gasteiger partial charge in [0.2, 0.25) is 0 Å². The number of rotatable bonds is 4. The van der Waals surface area contributed by atoms with Crippen LogP contribution < -0.4 is 15.8 Å². The van der Waals surface area contributed by atoms with Gasteiger partial charge < -0.3 is 20.9 Å². The van der Waals surface area contributed by atoms with E-state index in [9.17, 15) is 5.11 Å². The topological polar surface area (TPSA) is 106 Å². The van der Waals surface area contributed by atoms with Crippen molar-refractivity contribution in [3.63, 3.8) is 0 Å². The number of nitrogen functional groups attached to an aromatic ring is 1. The third kappa shape index (κ3) is 3.72. The fourth-order valence-electron chi connectivity index (χ4n) is 4.55. The molecule has 7 nitrogen and oxygen atoms in total. The summed E-state index contributed by atoms with van der Waals surface area (Å²) in [5.74, 6) is 2.53. The van der Waals surface area contributed by atoms with Crippen molar-refractivity contribution in [2.24, 2.45) is 10.9 Å². The Bertz CT molecular complexity index is 1120. The molecule has 3 unspecified atom stereocenters. The van der Waals surface area contributed by atoms with Crippen LogP contribution in [0.15, 0.2) is 59.9 Å². The molecule has 0 amide bonds. The Kier molecular flexibility index (Phi) is 5.03. The van der Waals surface area contributed by atoms with Crippen molar-refractivity contribution in [1.29, 1.82) is 0 Å². The van der Waals surface area contributed by atoms with Gasteiger partial charge in [-0.05, 0) is 55.3 Å². The number of fused-ring (bicyclic) bond motifs is 1. The molecule has 158 valence electrons. The Balaban J connectivity index is 1.50. The first-order valence-corrected chi connectivity index (χ1v) is 10.6. The largest absolute Gasteiger partial charge is 0.508 e. The molecule has 0 spiro atoms. The van der Waals surface area contributed by atoms with Gasteiger partial charge in [-0.15, -0.1) is 0 Å². The first kappa shape index (κ1) is 19.5. The van der Waals surface area contributed by atoms with Crippen molar-refractivity contribution in [2.45, 2.75) is 25.3 Å². The Morgan fingerprint density at radius 1 is 1.10 bits per heavy atom. The number of benzene rings is 2. The molecule has 1 saturated heterocycles. The molecule has 3 aromatic rings. The van der Waals surface area contributed by atoms with E-state index in [1.54, 1.807) is 30.6 Å². The first-order chi connectivity index (χ1) is 15.1. The summed E-state index contributed by atoms with van der Waals surface area (Å²) in [4.78, 5) is 14.0. The summed E-state index contributed by atoms with van der Waals surface area (Å²) < 4.78 is 5.86. The Hall–Kier alpha value is -3.45. The Labute approximate surface area is 181 Å². The highest BCUT2D eigenvalue weighted by atomic mass is 16.5. The summed E-state index contributed by atoms with van der Waals surface area (Å²) in [7, 11) is 0. The molecule has 0 aliphatic carbocycles. The Morgan fingerprint density at radius 2 is 1.94 bits per heavy atom. The van der Waals surface area contributed by atoms with E-state index in [-0.39, 0.29) is 17.7 Å². The summed E-state index contributed by atoms with van der Waals surface area (Å²) in [5, 5.41) is 13.1. The first-order valence-electron chi connectivity index (χ1n) is 10.6. The van der Waals surface area contributed by atoms with Gasteiger partial charge in [0.15, 0.2) is 0 Å². The lowest BCUT2D eigenvalue weighted by Gasteiger charge is -2.32. The second-order valence-electron chi connectivity index (χ2n) is 8.15. The average molecular weight is 415 g/mol. The molecule has 2 aromatic carbocycles. The third-order valence-electron chi connectivity index (χ3n) is 6.13. The second-order valence-corrected chi connectivity index (χ2v) is 8.15. The van der Waals surface area contributed by atoms with E-state index in [2.05, 4.69) is 22.2 Å². The minimum Gasteiger partial charge on any atom is -0.508 e. The average Bonchev–Trinajstić information content (AvgIpc) is 3.30. The summed E-state index contributed by atoms with van der Waals surface area (Å²) in [6.07, 6.45) is 2.65. The fourth-order valence-corrected chi connectivity index (χ4v) is 4.55. The molecule has 5 rings (SSSR count). The van der Waals surface area contributed by atoms with E-state index in [4.69, 9.17) is 15.5 Å². The van der Waals surface area contributed by atoms with Crippen LogP contribution >= 0.6 is 0 Å². The van der Waals surface area contributed by atoms with E-state index < -0.39 is 0 Å². The molecule has 4 N–H and O–H groups in total. The number of hydrogen-bond acceptors (Lipinski definition) is 7.